The largest absolute Gasteiger partial charge is 0.459 e. The summed E-state index contributed by atoms with van der Waals surface area (Å²) in [7, 11) is 0. The van der Waals surface area contributed by atoms with Crippen LogP contribution in [0.5, 0.6) is 0 Å². The molecule has 98 valence electrons. The summed E-state index contributed by atoms with van der Waals surface area (Å²) < 4.78 is 5.09. The number of cyclic esters (lactones) is 1. The highest BCUT2D eigenvalue weighted by atomic mass is 16.5. The maximum absolute atomic E-state index is 12.0. The summed E-state index contributed by atoms with van der Waals surface area (Å²) >= 11 is 0. The van der Waals surface area contributed by atoms with Crippen molar-refractivity contribution in [1.82, 2.24) is 10.6 Å². The number of carbonyl (C=O) groups is 2. The summed E-state index contributed by atoms with van der Waals surface area (Å²) in [4.78, 5) is 23.7. The van der Waals surface area contributed by atoms with E-state index in [4.69, 9.17) is 4.74 Å². The van der Waals surface area contributed by atoms with E-state index in [2.05, 4.69) is 10.6 Å². The fourth-order valence-corrected chi connectivity index (χ4v) is 3.06. The van der Waals surface area contributed by atoms with Gasteiger partial charge in [-0.25, -0.2) is 4.79 Å². The molecule has 5 nitrogen and oxygen atoms in total. The Kier molecular flexibility index (Phi) is 2.76. The van der Waals surface area contributed by atoms with Crippen molar-refractivity contribution in [2.75, 3.05) is 0 Å². The smallest absolute Gasteiger partial charge is 0.336 e. The Bertz CT molecular complexity index is 430. The predicted molar refractivity (Wildman–Crippen MR) is 64.5 cm³/mol. The van der Waals surface area contributed by atoms with E-state index in [1.165, 1.54) is 6.42 Å². The average Bonchev–Trinajstić information content (AvgIpc) is 2.67. The van der Waals surface area contributed by atoms with E-state index in [1.807, 2.05) is 6.92 Å². The third kappa shape index (κ3) is 1.87. The molecule has 3 rings (SSSR count). The maximum Gasteiger partial charge on any atom is 0.336 e. The normalized spacial score (nSPS) is 39.7. The number of carbonyl (C=O) groups excluding carboxylic acids is 2. The summed E-state index contributed by atoms with van der Waals surface area (Å²) in [5.74, 6) is -0.506. The minimum Gasteiger partial charge on any atom is -0.459 e. The lowest BCUT2D eigenvalue weighted by Crippen LogP contribution is -2.59. The second-order valence-electron chi connectivity index (χ2n) is 5.39. The topological polar surface area (TPSA) is 67.4 Å². The molecule has 0 spiro atoms. The lowest BCUT2D eigenvalue weighted by Gasteiger charge is -2.38. The molecule has 1 aliphatic carbocycles. The summed E-state index contributed by atoms with van der Waals surface area (Å²) in [6, 6.07) is 0.480. The Hall–Kier alpha value is -1.52. The molecule has 3 atom stereocenters. The van der Waals surface area contributed by atoms with E-state index in [-0.39, 0.29) is 30.1 Å². The number of rotatable bonds is 0. The highest BCUT2D eigenvalue weighted by molar-refractivity contribution is 6.04. The van der Waals surface area contributed by atoms with Crippen molar-refractivity contribution >= 4 is 11.9 Å². The number of nitrogens with one attached hydrogen (secondary N) is 2. The first-order chi connectivity index (χ1) is 8.65. The third-order valence-corrected chi connectivity index (χ3v) is 3.99. The molecule has 2 heterocycles. The third-order valence-electron chi connectivity index (χ3n) is 3.99. The monoisotopic (exact) mass is 250 g/mol. The molecule has 18 heavy (non-hydrogen) atoms. The van der Waals surface area contributed by atoms with Gasteiger partial charge in [0.25, 0.3) is 5.91 Å². The van der Waals surface area contributed by atoms with Crippen molar-refractivity contribution in [2.45, 2.75) is 57.2 Å². The van der Waals surface area contributed by atoms with Crippen LogP contribution in [0, 0.1) is 0 Å². The number of ether oxygens (including phenoxy) is 1. The Morgan fingerprint density at radius 3 is 2.39 bits per heavy atom. The van der Waals surface area contributed by atoms with Gasteiger partial charge in [-0.1, -0.05) is 12.8 Å². The van der Waals surface area contributed by atoms with Crippen LogP contribution in [0.1, 0.15) is 39.0 Å². The summed E-state index contributed by atoms with van der Waals surface area (Å²) in [6.07, 6.45) is 4.80. The summed E-state index contributed by atoms with van der Waals surface area (Å²) in [5.41, 5.74) is 0.941. The fourth-order valence-electron chi connectivity index (χ4n) is 3.06. The molecular formula is C13H18N2O3. The minimum absolute atomic E-state index is 0.126. The van der Waals surface area contributed by atoms with Crippen molar-refractivity contribution in [1.29, 1.82) is 0 Å². The highest BCUT2D eigenvalue weighted by Crippen LogP contribution is 2.27. The molecule has 5 heteroatoms. The molecule has 0 bridgehead atoms. The van der Waals surface area contributed by atoms with Gasteiger partial charge in [-0.05, 0) is 19.8 Å². The van der Waals surface area contributed by atoms with Crippen LogP contribution in [0.15, 0.2) is 11.3 Å². The van der Waals surface area contributed by atoms with Crippen molar-refractivity contribution in [3.63, 3.8) is 0 Å². The van der Waals surface area contributed by atoms with Gasteiger partial charge in [-0.2, -0.15) is 0 Å². The van der Waals surface area contributed by atoms with E-state index in [0.29, 0.717) is 17.7 Å². The quantitative estimate of drug-likeness (QED) is 0.488. The standard InChI is InChI=1S/C13H18N2O3/c1-7-6-8(13(17)18-7)11-12(16)15-10-5-3-2-4-9(10)14-11/h7,9-10,14H,2-6H2,1H3,(H,15,16)/b11-8-. The van der Waals surface area contributed by atoms with Crippen LogP contribution in [0.4, 0.5) is 0 Å². The molecule has 3 aliphatic rings. The molecule has 3 fully saturated rings. The van der Waals surface area contributed by atoms with Gasteiger partial charge in [0.15, 0.2) is 0 Å². The van der Waals surface area contributed by atoms with E-state index >= 15 is 0 Å². The van der Waals surface area contributed by atoms with Crippen molar-refractivity contribution < 1.29 is 14.3 Å². The highest BCUT2D eigenvalue weighted by Gasteiger charge is 2.38. The zero-order valence-corrected chi connectivity index (χ0v) is 10.5. The zero-order valence-electron chi connectivity index (χ0n) is 10.5. The van der Waals surface area contributed by atoms with E-state index in [0.717, 1.165) is 19.3 Å². The maximum atomic E-state index is 12.0. The molecular weight excluding hydrogens is 232 g/mol. The van der Waals surface area contributed by atoms with Crippen LogP contribution in [-0.2, 0) is 14.3 Å². The van der Waals surface area contributed by atoms with Gasteiger partial charge in [0.1, 0.15) is 11.8 Å². The van der Waals surface area contributed by atoms with Crippen molar-refractivity contribution in [3.05, 3.63) is 11.3 Å². The molecule has 2 aliphatic heterocycles. The molecule has 0 aromatic rings. The van der Waals surface area contributed by atoms with E-state index in [1.54, 1.807) is 0 Å². The minimum atomic E-state index is -0.352. The molecule has 2 saturated heterocycles. The first-order valence-electron chi connectivity index (χ1n) is 6.66. The van der Waals surface area contributed by atoms with E-state index in [9.17, 15) is 9.59 Å². The number of hydrogen-bond acceptors (Lipinski definition) is 4. The first-order valence-corrected chi connectivity index (χ1v) is 6.66. The van der Waals surface area contributed by atoms with Gasteiger partial charge in [0.2, 0.25) is 0 Å². The number of piperazine rings is 1. The van der Waals surface area contributed by atoms with Crippen molar-refractivity contribution in [3.8, 4) is 0 Å². The zero-order chi connectivity index (χ0) is 12.7. The second kappa shape index (κ2) is 4.30. The van der Waals surface area contributed by atoms with Crippen LogP contribution >= 0.6 is 0 Å². The van der Waals surface area contributed by atoms with Gasteiger partial charge >= 0.3 is 5.97 Å². The first kappa shape index (κ1) is 11.6. The van der Waals surface area contributed by atoms with Gasteiger partial charge in [0, 0.05) is 18.5 Å². The Balaban J connectivity index is 1.86. The lowest BCUT2D eigenvalue weighted by atomic mass is 9.88. The van der Waals surface area contributed by atoms with Crippen LogP contribution in [-0.4, -0.2) is 30.1 Å². The molecule has 0 aromatic carbocycles. The number of hydrogen-bond donors (Lipinski definition) is 2. The second-order valence-corrected chi connectivity index (χ2v) is 5.39. The Morgan fingerprint density at radius 1 is 1.11 bits per heavy atom. The molecule has 0 aromatic heterocycles. The molecule has 1 amide bonds. The molecule has 1 saturated carbocycles. The van der Waals surface area contributed by atoms with Crippen LogP contribution in [0.2, 0.25) is 0 Å². The Labute approximate surface area is 106 Å². The van der Waals surface area contributed by atoms with Gasteiger partial charge < -0.3 is 15.4 Å². The van der Waals surface area contributed by atoms with Gasteiger partial charge in [0.05, 0.1) is 5.57 Å². The van der Waals surface area contributed by atoms with Gasteiger partial charge in [-0.15, -0.1) is 0 Å². The van der Waals surface area contributed by atoms with Crippen LogP contribution in [0.3, 0.4) is 0 Å². The summed E-state index contributed by atoms with van der Waals surface area (Å²) in [5, 5.41) is 6.28. The van der Waals surface area contributed by atoms with Crippen LogP contribution in [0.25, 0.3) is 0 Å². The number of fused-ring (bicyclic) bond motifs is 1. The van der Waals surface area contributed by atoms with Crippen molar-refractivity contribution in [2.24, 2.45) is 0 Å². The average molecular weight is 250 g/mol. The molecule has 2 N–H and O–H groups in total. The SMILES string of the molecule is CC1C/C(=C2/NC3CCCCC3NC2=O)C(=O)O1. The molecule has 3 unspecified atom stereocenters. The molecule has 0 radical (unpaired) electrons. The predicted octanol–water partition coefficient (Wildman–Crippen LogP) is 0.606. The van der Waals surface area contributed by atoms with Crippen LogP contribution < -0.4 is 10.6 Å². The number of amides is 1. The Morgan fingerprint density at radius 2 is 1.78 bits per heavy atom. The fraction of sp³-hybridized carbons (Fsp3) is 0.692. The number of esters is 1. The summed E-state index contributed by atoms with van der Waals surface area (Å²) in [6.45, 7) is 1.84. The van der Waals surface area contributed by atoms with E-state index < -0.39 is 0 Å². The van der Waals surface area contributed by atoms with Gasteiger partial charge in [-0.3, -0.25) is 4.79 Å². The lowest BCUT2D eigenvalue weighted by molar-refractivity contribution is -0.138.